The summed E-state index contributed by atoms with van der Waals surface area (Å²) in [6, 6.07) is 8.96. The molecule has 0 aliphatic heterocycles. The van der Waals surface area contributed by atoms with Crippen molar-refractivity contribution < 1.29 is 0 Å². The molecule has 0 saturated heterocycles. The number of rotatable bonds is 8. The van der Waals surface area contributed by atoms with Gasteiger partial charge < -0.3 is 10.2 Å². The van der Waals surface area contributed by atoms with E-state index in [1.54, 1.807) is 0 Å². The zero-order chi connectivity index (χ0) is 14.4. The van der Waals surface area contributed by atoms with Gasteiger partial charge in [0.15, 0.2) is 0 Å². The monoisotopic (exact) mass is 294 g/mol. The number of benzene rings is 1. The molecule has 1 fully saturated rings. The first-order chi connectivity index (χ1) is 9.74. The first-order valence-corrected chi connectivity index (χ1v) is 8.32. The SMILES string of the molecule is CCN(CC)CCCNC1CC(c2ccccc2Cl)C1. The number of nitrogens with one attached hydrogen (secondary N) is 1. The van der Waals surface area contributed by atoms with Gasteiger partial charge in [-0.3, -0.25) is 0 Å². The summed E-state index contributed by atoms with van der Waals surface area (Å²) in [5.41, 5.74) is 1.33. The van der Waals surface area contributed by atoms with Crippen LogP contribution >= 0.6 is 11.6 Å². The molecule has 1 aliphatic rings. The molecule has 1 aliphatic carbocycles. The summed E-state index contributed by atoms with van der Waals surface area (Å²) in [5.74, 6) is 0.656. The average molecular weight is 295 g/mol. The lowest BCUT2D eigenvalue weighted by Crippen LogP contribution is -2.41. The third kappa shape index (κ3) is 4.21. The van der Waals surface area contributed by atoms with Gasteiger partial charge in [-0.15, -0.1) is 0 Å². The molecule has 3 heteroatoms. The third-order valence-electron chi connectivity index (χ3n) is 4.46. The van der Waals surface area contributed by atoms with Crippen LogP contribution in [0.15, 0.2) is 24.3 Å². The predicted octanol–water partition coefficient (Wildman–Crippen LogP) is 3.91. The molecule has 20 heavy (non-hydrogen) atoms. The zero-order valence-corrected chi connectivity index (χ0v) is 13.5. The molecule has 0 atom stereocenters. The Bertz CT molecular complexity index is 398. The lowest BCUT2D eigenvalue weighted by Gasteiger charge is -2.37. The Hall–Kier alpha value is -0.570. The maximum atomic E-state index is 6.25. The summed E-state index contributed by atoms with van der Waals surface area (Å²) >= 11 is 6.25. The second-order valence-electron chi connectivity index (χ2n) is 5.72. The Kier molecular flexibility index (Phi) is 6.34. The van der Waals surface area contributed by atoms with Crippen LogP contribution in [0.2, 0.25) is 5.02 Å². The quantitative estimate of drug-likeness (QED) is 0.731. The van der Waals surface area contributed by atoms with Gasteiger partial charge in [-0.2, -0.15) is 0 Å². The molecule has 2 nitrogen and oxygen atoms in total. The van der Waals surface area contributed by atoms with Gasteiger partial charge in [0.05, 0.1) is 0 Å². The van der Waals surface area contributed by atoms with E-state index < -0.39 is 0 Å². The summed E-state index contributed by atoms with van der Waals surface area (Å²) in [6.07, 6.45) is 3.71. The fourth-order valence-electron chi connectivity index (χ4n) is 2.99. The van der Waals surface area contributed by atoms with Crippen LogP contribution in [0.25, 0.3) is 0 Å². The number of nitrogens with zero attached hydrogens (tertiary/aromatic N) is 1. The van der Waals surface area contributed by atoms with E-state index in [1.165, 1.54) is 31.4 Å². The molecule has 2 rings (SSSR count). The van der Waals surface area contributed by atoms with Gasteiger partial charge in [0.2, 0.25) is 0 Å². The summed E-state index contributed by atoms with van der Waals surface area (Å²) in [6.45, 7) is 9.13. The van der Waals surface area contributed by atoms with Crippen LogP contribution in [0.4, 0.5) is 0 Å². The van der Waals surface area contributed by atoms with Crippen molar-refractivity contribution in [3.8, 4) is 0 Å². The molecule has 0 amide bonds. The molecular formula is C17H27ClN2. The fraction of sp³-hybridized carbons (Fsp3) is 0.647. The average Bonchev–Trinajstić information content (AvgIpc) is 2.42. The first kappa shape index (κ1) is 15.8. The number of hydrogen-bond acceptors (Lipinski definition) is 2. The van der Waals surface area contributed by atoms with Gasteiger partial charge in [0.1, 0.15) is 0 Å². The van der Waals surface area contributed by atoms with Crippen LogP contribution in [-0.2, 0) is 0 Å². The van der Waals surface area contributed by atoms with Gasteiger partial charge in [-0.1, -0.05) is 43.6 Å². The predicted molar refractivity (Wildman–Crippen MR) is 87.6 cm³/mol. The molecule has 112 valence electrons. The molecule has 1 saturated carbocycles. The van der Waals surface area contributed by atoms with Crippen LogP contribution in [0.1, 0.15) is 44.6 Å². The Morgan fingerprint density at radius 3 is 2.55 bits per heavy atom. The van der Waals surface area contributed by atoms with Crippen molar-refractivity contribution in [2.24, 2.45) is 0 Å². The second kappa shape index (κ2) is 8.02. The van der Waals surface area contributed by atoms with Crippen molar-refractivity contribution >= 4 is 11.6 Å². The largest absolute Gasteiger partial charge is 0.314 e. The van der Waals surface area contributed by atoms with Gasteiger partial charge in [-0.05, 0) is 63.0 Å². The van der Waals surface area contributed by atoms with Gasteiger partial charge >= 0.3 is 0 Å². The summed E-state index contributed by atoms with van der Waals surface area (Å²) in [4.78, 5) is 2.48. The normalized spacial score (nSPS) is 22.0. The van der Waals surface area contributed by atoms with E-state index in [0.29, 0.717) is 12.0 Å². The van der Waals surface area contributed by atoms with Crippen molar-refractivity contribution in [1.82, 2.24) is 10.2 Å². The maximum Gasteiger partial charge on any atom is 0.0440 e. The van der Waals surface area contributed by atoms with Crippen LogP contribution in [0, 0.1) is 0 Å². The highest BCUT2D eigenvalue weighted by Crippen LogP contribution is 2.39. The first-order valence-electron chi connectivity index (χ1n) is 7.94. The topological polar surface area (TPSA) is 15.3 Å². The molecule has 0 aromatic heterocycles. The van der Waals surface area contributed by atoms with E-state index in [1.807, 2.05) is 12.1 Å². The Balaban J connectivity index is 1.62. The van der Waals surface area contributed by atoms with Crippen molar-refractivity contribution in [3.63, 3.8) is 0 Å². The standard InChI is InChI=1S/C17H27ClN2/c1-3-20(4-2)11-7-10-19-15-12-14(13-15)16-8-5-6-9-17(16)18/h5-6,8-9,14-15,19H,3-4,7,10-13H2,1-2H3. The molecule has 1 aromatic carbocycles. The van der Waals surface area contributed by atoms with Crippen LogP contribution < -0.4 is 5.32 Å². The van der Waals surface area contributed by atoms with Gasteiger partial charge in [-0.25, -0.2) is 0 Å². The molecule has 0 bridgehead atoms. The summed E-state index contributed by atoms with van der Waals surface area (Å²) in [7, 11) is 0. The molecule has 0 spiro atoms. The smallest absolute Gasteiger partial charge is 0.0440 e. The van der Waals surface area contributed by atoms with Crippen LogP contribution in [-0.4, -0.2) is 37.1 Å². The Morgan fingerprint density at radius 2 is 1.90 bits per heavy atom. The van der Waals surface area contributed by atoms with E-state index in [4.69, 9.17) is 11.6 Å². The van der Waals surface area contributed by atoms with Crippen molar-refractivity contribution in [2.75, 3.05) is 26.2 Å². The number of halogens is 1. The van der Waals surface area contributed by atoms with Crippen molar-refractivity contribution in [1.29, 1.82) is 0 Å². The van der Waals surface area contributed by atoms with Gasteiger partial charge in [0, 0.05) is 11.1 Å². The molecular weight excluding hydrogens is 268 g/mol. The minimum atomic E-state index is 0.656. The summed E-state index contributed by atoms with van der Waals surface area (Å²) in [5, 5.41) is 4.60. The lowest BCUT2D eigenvalue weighted by atomic mass is 9.76. The molecule has 0 heterocycles. The third-order valence-corrected chi connectivity index (χ3v) is 4.81. The maximum absolute atomic E-state index is 6.25. The highest BCUT2D eigenvalue weighted by atomic mass is 35.5. The number of hydrogen-bond donors (Lipinski definition) is 1. The molecule has 0 radical (unpaired) electrons. The minimum Gasteiger partial charge on any atom is -0.314 e. The van der Waals surface area contributed by atoms with E-state index in [9.17, 15) is 0 Å². The highest BCUT2D eigenvalue weighted by molar-refractivity contribution is 6.31. The van der Waals surface area contributed by atoms with E-state index in [0.717, 1.165) is 24.7 Å². The van der Waals surface area contributed by atoms with Crippen molar-refractivity contribution in [3.05, 3.63) is 34.9 Å². The molecule has 0 unspecified atom stereocenters. The Labute approximate surface area is 128 Å². The van der Waals surface area contributed by atoms with E-state index >= 15 is 0 Å². The Morgan fingerprint density at radius 1 is 1.20 bits per heavy atom. The molecule has 1 N–H and O–H groups in total. The van der Waals surface area contributed by atoms with Crippen LogP contribution in [0.5, 0.6) is 0 Å². The van der Waals surface area contributed by atoms with Crippen molar-refractivity contribution in [2.45, 2.75) is 45.1 Å². The lowest BCUT2D eigenvalue weighted by molar-refractivity contribution is 0.268. The fourth-order valence-corrected chi connectivity index (χ4v) is 3.28. The second-order valence-corrected chi connectivity index (χ2v) is 6.13. The van der Waals surface area contributed by atoms with Gasteiger partial charge in [0.25, 0.3) is 0 Å². The van der Waals surface area contributed by atoms with Crippen LogP contribution in [0.3, 0.4) is 0 Å². The molecule has 1 aromatic rings. The van der Waals surface area contributed by atoms with E-state index in [2.05, 4.69) is 36.2 Å². The summed E-state index contributed by atoms with van der Waals surface area (Å²) < 4.78 is 0. The van der Waals surface area contributed by atoms with E-state index in [-0.39, 0.29) is 0 Å². The zero-order valence-electron chi connectivity index (χ0n) is 12.7. The highest BCUT2D eigenvalue weighted by Gasteiger charge is 2.30. The minimum absolute atomic E-state index is 0.656.